The molecular formula is C27H28ClFN2O2. The molecule has 3 aromatic carbocycles. The zero-order chi connectivity index (χ0) is 23.8. The maximum Gasteiger partial charge on any atom is 0.243 e. The van der Waals surface area contributed by atoms with Crippen LogP contribution in [-0.2, 0) is 29.0 Å². The molecule has 33 heavy (non-hydrogen) atoms. The second kappa shape index (κ2) is 11.6. The molecular weight excluding hydrogens is 439 g/mol. The fraction of sp³-hybridized carbons (Fsp3) is 0.259. The van der Waals surface area contributed by atoms with Gasteiger partial charge in [-0.15, -0.1) is 0 Å². The Labute approximate surface area is 199 Å². The number of hydrogen-bond acceptors (Lipinski definition) is 2. The topological polar surface area (TPSA) is 49.4 Å². The lowest BCUT2D eigenvalue weighted by atomic mass is 10.0. The largest absolute Gasteiger partial charge is 0.352 e. The Morgan fingerprint density at radius 3 is 2.18 bits per heavy atom. The lowest BCUT2D eigenvalue weighted by Gasteiger charge is -2.32. The number of halogens is 2. The van der Waals surface area contributed by atoms with Gasteiger partial charge in [-0.1, -0.05) is 72.3 Å². The first-order valence-corrected chi connectivity index (χ1v) is 11.3. The molecule has 0 saturated heterocycles. The van der Waals surface area contributed by atoms with Crippen molar-refractivity contribution in [3.05, 3.63) is 106 Å². The van der Waals surface area contributed by atoms with E-state index in [2.05, 4.69) is 5.32 Å². The highest BCUT2D eigenvalue weighted by molar-refractivity contribution is 6.31. The summed E-state index contributed by atoms with van der Waals surface area (Å²) in [6.07, 6.45) is 0.407. The molecule has 1 atom stereocenters. The van der Waals surface area contributed by atoms with Crippen LogP contribution in [0.2, 0.25) is 5.02 Å². The molecule has 1 N–H and O–H groups in total. The molecule has 0 spiro atoms. The first kappa shape index (κ1) is 24.5. The molecule has 0 aliphatic heterocycles. The van der Waals surface area contributed by atoms with E-state index in [1.807, 2.05) is 62.4 Å². The second-order valence-electron chi connectivity index (χ2n) is 8.29. The van der Waals surface area contributed by atoms with Crippen LogP contribution >= 0.6 is 11.6 Å². The number of hydrogen-bond donors (Lipinski definition) is 1. The molecule has 0 heterocycles. The lowest BCUT2D eigenvalue weighted by Crippen LogP contribution is -2.52. The molecule has 3 rings (SSSR count). The summed E-state index contributed by atoms with van der Waals surface area (Å²) < 4.78 is 13.3. The highest BCUT2D eigenvalue weighted by Crippen LogP contribution is 2.21. The number of benzene rings is 3. The minimum atomic E-state index is -0.737. The van der Waals surface area contributed by atoms with E-state index < -0.39 is 6.04 Å². The number of amides is 2. The molecule has 0 aliphatic carbocycles. The maximum absolute atomic E-state index is 13.5. The standard InChI is InChI=1S/C27H28ClFN2O2/c1-19(2)30-27(33)25(16-20-8-4-3-5-9-20)31(18-22-10-6-7-11-24(22)28)26(32)17-21-12-14-23(29)15-13-21/h3-15,19,25H,16-18H2,1-2H3,(H,30,33). The molecule has 1 unspecified atom stereocenters. The van der Waals surface area contributed by atoms with E-state index >= 15 is 0 Å². The highest BCUT2D eigenvalue weighted by atomic mass is 35.5. The van der Waals surface area contributed by atoms with Gasteiger partial charge in [-0.2, -0.15) is 0 Å². The number of nitrogens with zero attached hydrogens (tertiary/aromatic N) is 1. The Balaban J connectivity index is 1.97. The van der Waals surface area contributed by atoms with Gasteiger partial charge in [-0.25, -0.2) is 4.39 Å². The van der Waals surface area contributed by atoms with Crippen LogP contribution in [0.5, 0.6) is 0 Å². The van der Waals surface area contributed by atoms with E-state index in [1.54, 1.807) is 23.1 Å². The van der Waals surface area contributed by atoms with Crippen LogP contribution < -0.4 is 5.32 Å². The quantitative estimate of drug-likeness (QED) is 0.472. The van der Waals surface area contributed by atoms with Gasteiger partial charge in [-0.05, 0) is 48.7 Å². The summed E-state index contributed by atoms with van der Waals surface area (Å²) in [5.41, 5.74) is 2.37. The average molecular weight is 467 g/mol. The van der Waals surface area contributed by atoms with Crippen molar-refractivity contribution in [1.82, 2.24) is 10.2 Å². The SMILES string of the molecule is CC(C)NC(=O)C(Cc1ccccc1)N(Cc1ccccc1Cl)C(=O)Cc1ccc(F)cc1. The van der Waals surface area contributed by atoms with Crippen molar-refractivity contribution < 1.29 is 14.0 Å². The molecule has 0 bridgehead atoms. The van der Waals surface area contributed by atoms with Crippen molar-refractivity contribution in [2.45, 2.75) is 45.3 Å². The molecule has 4 nitrogen and oxygen atoms in total. The van der Waals surface area contributed by atoms with Crippen LogP contribution in [0.25, 0.3) is 0 Å². The molecule has 2 amide bonds. The van der Waals surface area contributed by atoms with E-state index in [1.165, 1.54) is 12.1 Å². The van der Waals surface area contributed by atoms with Crippen molar-refractivity contribution >= 4 is 23.4 Å². The van der Waals surface area contributed by atoms with Gasteiger partial charge in [0.2, 0.25) is 11.8 Å². The monoisotopic (exact) mass is 466 g/mol. The molecule has 0 radical (unpaired) electrons. The van der Waals surface area contributed by atoms with E-state index in [9.17, 15) is 14.0 Å². The third kappa shape index (κ3) is 7.16. The van der Waals surface area contributed by atoms with Crippen LogP contribution in [-0.4, -0.2) is 28.8 Å². The van der Waals surface area contributed by atoms with E-state index in [-0.39, 0.29) is 36.6 Å². The third-order valence-electron chi connectivity index (χ3n) is 5.27. The lowest BCUT2D eigenvalue weighted by molar-refractivity contribution is -0.141. The Morgan fingerprint density at radius 1 is 0.909 bits per heavy atom. The van der Waals surface area contributed by atoms with Crippen molar-refractivity contribution in [1.29, 1.82) is 0 Å². The summed E-state index contributed by atoms with van der Waals surface area (Å²) in [6.45, 7) is 3.95. The van der Waals surface area contributed by atoms with Crippen molar-refractivity contribution in [2.24, 2.45) is 0 Å². The normalized spacial score (nSPS) is 11.8. The molecule has 6 heteroatoms. The van der Waals surface area contributed by atoms with Gasteiger partial charge in [0.15, 0.2) is 0 Å². The van der Waals surface area contributed by atoms with Crippen LogP contribution in [0.1, 0.15) is 30.5 Å². The summed E-state index contributed by atoms with van der Waals surface area (Å²) in [4.78, 5) is 28.4. The molecule has 0 aliphatic rings. The highest BCUT2D eigenvalue weighted by Gasteiger charge is 2.31. The van der Waals surface area contributed by atoms with E-state index in [0.717, 1.165) is 11.1 Å². The van der Waals surface area contributed by atoms with Gasteiger partial charge < -0.3 is 10.2 Å². The summed E-state index contributed by atoms with van der Waals surface area (Å²) in [5.74, 6) is -0.827. The smallest absolute Gasteiger partial charge is 0.243 e. The summed E-state index contributed by atoms with van der Waals surface area (Å²) in [6, 6.07) is 21.9. The van der Waals surface area contributed by atoms with E-state index in [0.29, 0.717) is 17.0 Å². The number of rotatable bonds is 9. The molecule has 0 aromatic heterocycles. The minimum Gasteiger partial charge on any atom is -0.352 e. The third-order valence-corrected chi connectivity index (χ3v) is 5.64. The molecule has 0 saturated carbocycles. The zero-order valence-electron chi connectivity index (χ0n) is 18.8. The van der Waals surface area contributed by atoms with Gasteiger partial charge >= 0.3 is 0 Å². The van der Waals surface area contributed by atoms with Crippen molar-refractivity contribution in [2.75, 3.05) is 0 Å². The first-order valence-electron chi connectivity index (χ1n) is 10.9. The second-order valence-corrected chi connectivity index (χ2v) is 8.69. The number of carbonyl (C=O) groups excluding carboxylic acids is 2. The first-order chi connectivity index (χ1) is 15.8. The van der Waals surface area contributed by atoms with Gasteiger partial charge in [0, 0.05) is 24.0 Å². The van der Waals surface area contributed by atoms with Gasteiger partial charge in [0.05, 0.1) is 6.42 Å². The minimum absolute atomic E-state index is 0.0466. The predicted octanol–water partition coefficient (Wildman–Crippen LogP) is 5.19. The fourth-order valence-electron chi connectivity index (χ4n) is 3.62. The number of carbonyl (C=O) groups is 2. The van der Waals surface area contributed by atoms with Crippen LogP contribution in [0.4, 0.5) is 4.39 Å². The zero-order valence-corrected chi connectivity index (χ0v) is 19.6. The fourth-order valence-corrected chi connectivity index (χ4v) is 3.82. The Bertz CT molecular complexity index is 1070. The average Bonchev–Trinajstić information content (AvgIpc) is 2.79. The molecule has 0 fully saturated rings. The molecule has 172 valence electrons. The van der Waals surface area contributed by atoms with Gasteiger partial charge in [-0.3, -0.25) is 9.59 Å². The summed E-state index contributed by atoms with van der Waals surface area (Å²) >= 11 is 6.40. The molecule has 3 aromatic rings. The Morgan fingerprint density at radius 2 is 1.55 bits per heavy atom. The van der Waals surface area contributed by atoms with Crippen LogP contribution in [0.15, 0.2) is 78.9 Å². The summed E-state index contributed by atoms with van der Waals surface area (Å²) in [7, 11) is 0. The van der Waals surface area contributed by atoms with Gasteiger partial charge in [0.25, 0.3) is 0 Å². The van der Waals surface area contributed by atoms with Crippen LogP contribution in [0.3, 0.4) is 0 Å². The van der Waals surface area contributed by atoms with E-state index in [4.69, 9.17) is 11.6 Å². The predicted molar refractivity (Wildman–Crippen MR) is 129 cm³/mol. The summed E-state index contributed by atoms with van der Waals surface area (Å²) in [5, 5.41) is 3.48. The number of nitrogens with one attached hydrogen (secondary N) is 1. The van der Waals surface area contributed by atoms with Gasteiger partial charge in [0.1, 0.15) is 11.9 Å². The van der Waals surface area contributed by atoms with Crippen LogP contribution in [0, 0.1) is 5.82 Å². The Kier molecular flexibility index (Phi) is 8.61. The maximum atomic E-state index is 13.5. The van der Waals surface area contributed by atoms with Crippen molar-refractivity contribution in [3.8, 4) is 0 Å². The van der Waals surface area contributed by atoms with Crippen molar-refractivity contribution in [3.63, 3.8) is 0 Å². The Hall–Kier alpha value is -3.18.